The van der Waals surface area contributed by atoms with Gasteiger partial charge in [-0.15, -0.1) is 10.2 Å². The van der Waals surface area contributed by atoms with Crippen LogP contribution in [0.1, 0.15) is 49.9 Å². The topological polar surface area (TPSA) is 87.2 Å². The highest BCUT2D eigenvalue weighted by atomic mass is 15.3. The molecular weight excluding hydrogens is 617 g/mol. The lowest BCUT2D eigenvalue weighted by molar-refractivity contribution is 0.666. The second kappa shape index (κ2) is 9.24. The summed E-state index contributed by atoms with van der Waals surface area (Å²) in [5, 5.41) is 12.0. The van der Waals surface area contributed by atoms with Gasteiger partial charge in [0.25, 0.3) is 0 Å². The number of benzene rings is 4. The maximum Gasteiger partial charge on any atom is 0.160 e. The first-order valence-corrected chi connectivity index (χ1v) is 16.9. The largest absolute Gasteiger partial charge is 0.289 e. The average molecular weight is 647 g/mol. The fourth-order valence-electron chi connectivity index (χ4n) is 9.24. The molecule has 4 aromatic carbocycles. The van der Waals surface area contributed by atoms with Gasteiger partial charge in [0.05, 0.1) is 34.5 Å². The first-order valence-electron chi connectivity index (χ1n) is 16.9. The molecule has 2 aliphatic rings. The second-order valence-corrected chi connectivity index (χ2v) is 14.5. The number of nitrogens with zero attached hydrogens (tertiary/aromatic N) is 8. The molecule has 8 nitrogen and oxygen atoms in total. The van der Waals surface area contributed by atoms with E-state index in [-0.39, 0.29) is 10.8 Å². The summed E-state index contributed by atoms with van der Waals surface area (Å²) in [6.45, 7) is 9.23. The number of hydrogen-bond acceptors (Lipinski definition) is 6. The molecule has 0 fully saturated rings. The molecule has 5 aromatic heterocycles. The van der Waals surface area contributed by atoms with Crippen LogP contribution in [0.5, 0.6) is 0 Å². The summed E-state index contributed by atoms with van der Waals surface area (Å²) in [5.74, 6) is 1.40. The van der Waals surface area contributed by atoms with Crippen LogP contribution in [0.25, 0.3) is 77.8 Å². The maximum atomic E-state index is 4.89. The molecule has 0 saturated heterocycles. The van der Waals surface area contributed by atoms with Crippen molar-refractivity contribution in [3.63, 3.8) is 0 Å². The molecule has 238 valence electrons. The summed E-state index contributed by atoms with van der Waals surface area (Å²) in [7, 11) is 0. The molecule has 50 heavy (non-hydrogen) atoms. The molecule has 0 radical (unpaired) electrons. The van der Waals surface area contributed by atoms with Gasteiger partial charge in [-0.1, -0.05) is 88.4 Å². The van der Waals surface area contributed by atoms with E-state index < -0.39 is 0 Å². The average Bonchev–Trinajstić information content (AvgIpc) is 3.81. The van der Waals surface area contributed by atoms with Crippen molar-refractivity contribution in [1.82, 2.24) is 39.3 Å². The van der Waals surface area contributed by atoms with E-state index in [0.29, 0.717) is 11.6 Å². The summed E-state index contributed by atoms with van der Waals surface area (Å²) in [4.78, 5) is 18.6. The van der Waals surface area contributed by atoms with Gasteiger partial charge < -0.3 is 0 Å². The van der Waals surface area contributed by atoms with Crippen LogP contribution in [0.4, 0.5) is 0 Å². The van der Waals surface area contributed by atoms with Crippen molar-refractivity contribution >= 4 is 43.9 Å². The van der Waals surface area contributed by atoms with Gasteiger partial charge in [-0.25, -0.2) is 19.9 Å². The molecule has 0 bridgehead atoms. The molecule has 0 atom stereocenters. The van der Waals surface area contributed by atoms with Crippen LogP contribution < -0.4 is 0 Å². The molecule has 8 heteroatoms. The fourth-order valence-corrected chi connectivity index (χ4v) is 9.24. The summed E-state index contributed by atoms with van der Waals surface area (Å²) in [5.41, 5.74) is 15.6. The van der Waals surface area contributed by atoms with Crippen molar-refractivity contribution in [3.8, 4) is 33.9 Å². The third-order valence-electron chi connectivity index (χ3n) is 11.3. The van der Waals surface area contributed by atoms with Gasteiger partial charge in [-0.3, -0.25) is 9.13 Å². The summed E-state index contributed by atoms with van der Waals surface area (Å²) in [6, 6.07) is 30.4. The third-order valence-corrected chi connectivity index (χ3v) is 11.3. The van der Waals surface area contributed by atoms with E-state index in [1.807, 2.05) is 24.5 Å². The smallest absolute Gasteiger partial charge is 0.160 e. The van der Waals surface area contributed by atoms with Crippen LogP contribution in [0, 0.1) is 0 Å². The van der Waals surface area contributed by atoms with Crippen LogP contribution in [-0.4, -0.2) is 39.3 Å². The highest BCUT2D eigenvalue weighted by molar-refractivity contribution is 6.13. The van der Waals surface area contributed by atoms with Gasteiger partial charge in [0.15, 0.2) is 11.6 Å². The highest BCUT2D eigenvalue weighted by Gasteiger charge is 2.40. The minimum atomic E-state index is -0.195. The van der Waals surface area contributed by atoms with E-state index in [9.17, 15) is 0 Å². The molecular formula is C42H30N8. The minimum Gasteiger partial charge on any atom is -0.289 e. The Balaban J connectivity index is 1.12. The Hall–Kier alpha value is -6.28. The van der Waals surface area contributed by atoms with Crippen molar-refractivity contribution < 1.29 is 0 Å². The molecule has 0 aliphatic heterocycles. The van der Waals surface area contributed by atoms with Crippen LogP contribution in [-0.2, 0) is 10.8 Å². The number of fused-ring (bicyclic) bond motifs is 14. The summed E-state index contributed by atoms with van der Waals surface area (Å²) >= 11 is 0. The predicted octanol–water partition coefficient (Wildman–Crippen LogP) is 8.86. The summed E-state index contributed by atoms with van der Waals surface area (Å²) in [6.07, 6.45) is 7.03. The van der Waals surface area contributed by atoms with Crippen LogP contribution in [0.2, 0.25) is 0 Å². The van der Waals surface area contributed by atoms with Crippen molar-refractivity contribution in [3.05, 3.63) is 132 Å². The highest BCUT2D eigenvalue weighted by Crippen LogP contribution is 2.54. The molecule has 2 aliphatic carbocycles. The number of aromatic nitrogens is 8. The molecule has 0 N–H and O–H groups in total. The van der Waals surface area contributed by atoms with Gasteiger partial charge in [-0.2, -0.15) is 0 Å². The van der Waals surface area contributed by atoms with Gasteiger partial charge in [-0.05, 0) is 68.8 Å². The van der Waals surface area contributed by atoms with Crippen LogP contribution in [0.15, 0.2) is 110 Å². The van der Waals surface area contributed by atoms with Crippen LogP contribution >= 0.6 is 0 Å². The Bertz CT molecular complexity index is 2730. The Kier molecular flexibility index (Phi) is 5.11. The van der Waals surface area contributed by atoms with Crippen molar-refractivity contribution in [2.75, 3.05) is 0 Å². The van der Waals surface area contributed by atoms with E-state index >= 15 is 0 Å². The molecule has 9 aromatic rings. The van der Waals surface area contributed by atoms with E-state index in [1.165, 1.54) is 44.5 Å². The molecule has 0 amide bonds. The van der Waals surface area contributed by atoms with Gasteiger partial charge >= 0.3 is 0 Å². The molecule has 0 spiro atoms. The monoisotopic (exact) mass is 646 g/mol. The lowest BCUT2D eigenvalue weighted by atomic mass is 9.81. The van der Waals surface area contributed by atoms with Crippen molar-refractivity contribution in [1.29, 1.82) is 0 Å². The van der Waals surface area contributed by atoms with E-state index in [1.54, 1.807) is 12.7 Å². The number of rotatable bonds is 2. The minimum absolute atomic E-state index is 0.195. The molecule has 0 unspecified atom stereocenters. The normalized spacial score (nSPS) is 15.1. The molecule has 5 heterocycles. The zero-order chi connectivity index (χ0) is 33.5. The maximum absolute atomic E-state index is 4.89. The zero-order valence-electron chi connectivity index (χ0n) is 28.0. The predicted molar refractivity (Wildman–Crippen MR) is 197 cm³/mol. The zero-order valence-corrected chi connectivity index (χ0v) is 28.0. The number of hydrogen-bond donors (Lipinski definition) is 0. The fraction of sp³-hybridized carbons (Fsp3) is 0.143. The molecule has 11 rings (SSSR count). The van der Waals surface area contributed by atoms with Crippen LogP contribution in [0.3, 0.4) is 0 Å². The Morgan fingerprint density at radius 1 is 0.460 bits per heavy atom. The van der Waals surface area contributed by atoms with E-state index in [4.69, 9.17) is 20.2 Å². The van der Waals surface area contributed by atoms with Crippen molar-refractivity contribution in [2.24, 2.45) is 0 Å². The van der Waals surface area contributed by atoms with E-state index in [2.05, 4.69) is 120 Å². The quantitative estimate of drug-likeness (QED) is 0.187. The Morgan fingerprint density at radius 3 is 1.34 bits per heavy atom. The SMILES string of the molecule is CC1(C)c2ccccc2-c2ccc3c(c21)c1ncncc1n3-c1ccc(-n2c3cncnc3c3c4c(ccc32)-c2ccccc2C4(C)C)nn1. The lowest BCUT2D eigenvalue weighted by Gasteiger charge is -2.22. The lowest BCUT2D eigenvalue weighted by Crippen LogP contribution is -2.15. The second-order valence-electron chi connectivity index (χ2n) is 14.5. The first kappa shape index (κ1) is 27.6. The van der Waals surface area contributed by atoms with E-state index in [0.717, 1.165) is 43.9 Å². The first-order chi connectivity index (χ1) is 24.4. The Labute approximate surface area is 287 Å². The van der Waals surface area contributed by atoms with Gasteiger partial charge in [0, 0.05) is 21.6 Å². The Morgan fingerprint density at radius 2 is 0.900 bits per heavy atom. The standard InChI is InChI=1S/C42H30N8/c1-41(2)27-11-7-5-9-23(27)25-13-15-29-35(37(25)41)39-31(19-43-21-45-39)49(29)33-17-18-34(48-47-33)50-30-16-14-26-24-10-6-8-12-28(24)42(3,4)38(26)36(30)40-32(50)20-44-22-46-40/h5-22H,1-4H3. The van der Waals surface area contributed by atoms with Gasteiger partial charge in [0.1, 0.15) is 23.7 Å². The van der Waals surface area contributed by atoms with Crippen molar-refractivity contribution in [2.45, 2.75) is 38.5 Å². The molecule has 0 saturated carbocycles. The van der Waals surface area contributed by atoms with Gasteiger partial charge in [0.2, 0.25) is 0 Å². The summed E-state index contributed by atoms with van der Waals surface area (Å²) < 4.78 is 4.28. The third kappa shape index (κ3) is 3.26.